The maximum absolute atomic E-state index is 11.8. The maximum atomic E-state index is 11.8. The van der Waals surface area contributed by atoms with E-state index in [1.54, 1.807) is 32.3 Å². The van der Waals surface area contributed by atoms with Crippen molar-refractivity contribution in [2.75, 3.05) is 25.6 Å². The highest BCUT2D eigenvalue weighted by atomic mass is 16.5. The molecule has 0 spiro atoms. The van der Waals surface area contributed by atoms with E-state index in [4.69, 9.17) is 9.47 Å². The number of rotatable bonds is 3. The predicted octanol–water partition coefficient (Wildman–Crippen LogP) is 0.486. The molecule has 7 nitrogen and oxygen atoms in total. The highest BCUT2D eigenvalue weighted by Gasteiger charge is 2.21. The number of ether oxygens (including phenoxy) is 2. The van der Waals surface area contributed by atoms with Gasteiger partial charge in [0.05, 0.1) is 18.7 Å². The molecule has 0 unspecified atom stereocenters. The lowest BCUT2D eigenvalue weighted by Gasteiger charge is -2.17. The lowest BCUT2D eigenvalue weighted by Crippen LogP contribution is -2.25. The number of hydrazone groups is 1. The standard InChI is InChI=1S/C13H15N3O4/c1-14-15-13(20-8-17)9-3-4-11-10(7-9)16(2)12(18)5-6-19-11/h3-4,7-8,14H,5-6H2,1-2H3/b15-13-. The summed E-state index contributed by atoms with van der Waals surface area (Å²) in [7, 11) is 3.27. The van der Waals surface area contributed by atoms with Gasteiger partial charge in [0, 0.05) is 19.7 Å². The molecule has 1 aromatic rings. The third-order valence-electron chi connectivity index (χ3n) is 2.89. The number of fused-ring (bicyclic) bond motifs is 1. The normalized spacial score (nSPS) is 15.0. The van der Waals surface area contributed by atoms with Crippen LogP contribution >= 0.6 is 0 Å². The van der Waals surface area contributed by atoms with E-state index in [1.807, 2.05) is 0 Å². The zero-order valence-electron chi connectivity index (χ0n) is 11.3. The van der Waals surface area contributed by atoms with Crippen molar-refractivity contribution in [1.29, 1.82) is 0 Å². The van der Waals surface area contributed by atoms with Gasteiger partial charge in [-0.05, 0) is 18.2 Å². The fourth-order valence-electron chi connectivity index (χ4n) is 1.89. The average Bonchev–Trinajstić information content (AvgIpc) is 2.59. The van der Waals surface area contributed by atoms with Crippen LogP contribution in [0.3, 0.4) is 0 Å². The van der Waals surface area contributed by atoms with Crippen molar-refractivity contribution in [2.45, 2.75) is 6.42 Å². The van der Waals surface area contributed by atoms with Gasteiger partial charge in [0.2, 0.25) is 11.8 Å². The van der Waals surface area contributed by atoms with Crippen molar-refractivity contribution in [2.24, 2.45) is 5.10 Å². The second kappa shape index (κ2) is 6.05. The Morgan fingerprint density at radius 2 is 2.35 bits per heavy atom. The zero-order chi connectivity index (χ0) is 14.5. The molecule has 0 saturated heterocycles. The van der Waals surface area contributed by atoms with Gasteiger partial charge in [-0.1, -0.05) is 0 Å². The SMILES string of the molecule is CN/N=C(\OC=O)c1ccc2c(c1)N(C)C(=O)CCO2. The summed E-state index contributed by atoms with van der Waals surface area (Å²) in [5.41, 5.74) is 3.74. The van der Waals surface area contributed by atoms with Gasteiger partial charge >= 0.3 is 0 Å². The zero-order valence-corrected chi connectivity index (χ0v) is 11.3. The number of benzene rings is 1. The summed E-state index contributed by atoms with van der Waals surface area (Å²) in [4.78, 5) is 23.8. The molecule has 0 radical (unpaired) electrons. The molecule has 1 aromatic carbocycles. The Bertz CT molecular complexity index is 557. The van der Waals surface area contributed by atoms with Crippen LogP contribution in [-0.4, -0.2) is 39.0 Å². The van der Waals surface area contributed by atoms with Crippen LogP contribution in [0.5, 0.6) is 5.75 Å². The van der Waals surface area contributed by atoms with Gasteiger partial charge < -0.3 is 19.8 Å². The van der Waals surface area contributed by atoms with Crippen molar-refractivity contribution in [1.82, 2.24) is 5.43 Å². The van der Waals surface area contributed by atoms with Gasteiger partial charge in [0.25, 0.3) is 6.47 Å². The number of carbonyl (C=O) groups is 2. The molecule has 1 amide bonds. The van der Waals surface area contributed by atoms with Gasteiger partial charge in [-0.25, -0.2) is 0 Å². The number of hydrogen-bond acceptors (Lipinski definition) is 6. The first kappa shape index (κ1) is 13.9. The summed E-state index contributed by atoms with van der Waals surface area (Å²) in [6, 6.07) is 5.12. The van der Waals surface area contributed by atoms with E-state index in [0.717, 1.165) is 0 Å². The van der Waals surface area contributed by atoms with Crippen LogP contribution < -0.4 is 15.1 Å². The third kappa shape index (κ3) is 2.71. The van der Waals surface area contributed by atoms with Gasteiger partial charge in [-0.15, -0.1) is 5.10 Å². The number of carbonyl (C=O) groups excluding carboxylic acids is 2. The maximum Gasteiger partial charge on any atom is 0.299 e. The van der Waals surface area contributed by atoms with Crippen LogP contribution in [0, 0.1) is 0 Å². The molecule has 2 rings (SSSR count). The second-order valence-corrected chi connectivity index (χ2v) is 4.09. The first-order valence-corrected chi connectivity index (χ1v) is 6.06. The van der Waals surface area contributed by atoms with E-state index < -0.39 is 0 Å². The van der Waals surface area contributed by atoms with Gasteiger partial charge in [0.15, 0.2) is 0 Å². The van der Waals surface area contributed by atoms with Crippen molar-refractivity contribution in [3.63, 3.8) is 0 Å². The predicted molar refractivity (Wildman–Crippen MR) is 72.7 cm³/mol. The summed E-state index contributed by atoms with van der Waals surface area (Å²) in [5, 5.41) is 3.87. The Balaban J connectivity index is 2.44. The molecule has 0 saturated carbocycles. The summed E-state index contributed by atoms with van der Waals surface area (Å²) >= 11 is 0. The molecule has 20 heavy (non-hydrogen) atoms. The Morgan fingerprint density at radius 3 is 3.05 bits per heavy atom. The van der Waals surface area contributed by atoms with E-state index in [1.165, 1.54) is 4.90 Å². The Kier molecular flexibility index (Phi) is 4.19. The second-order valence-electron chi connectivity index (χ2n) is 4.09. The number of nitrogens with one attached hydrogen (secondary N) is 1. The van der Waals surface area contributed by atoms with Gasteiger partial charge in [-0.3, -0.25) is 9.59 Å². The fourth-order valence-corrected chi connectivity index (χ4v) is 1.89. The number of amides is 1. The molecular formula is C13H15N3O4. The fraction of sp³-hybridized carbons (Fsp3) is 0.308. The molecule has 0 atom stereocenters. The summed E-state index contributed by atoms with van der Waals surface area (Å²) in [5.74, 6) is 0.691. The molecule has 1 N–H and O–H groups in total. The van der Waals surface area contributed by atoms with Crippen molar-refractivity contribution >= 4 is 24.0 Å². The first-order chi connectivity index (χ1) is 9.67. The van der Waals surface area contributed by atoms with E-state index in [0.29, 0.717) is 36.5 Å². The van der Waals surface area contributed by atoms with Crippen LogP contribution in [0.2, 0.25) is 0 Å². The highest BCUT2D eigenvalue weighted by molar-refractivity contribution is 6.01. The van der Waals surface area contributed by atoms with Crippen LogP contribution in [-0.2, 0) is 14.3 Å². The highest BCUT2D eigenvalue weighted by Crippen LogP contribution is 2.31. The van der Waals surface area contributed by atoms with Crippen molar-refractivity contribution in [3.8, 4) is 5.75 Å². The molecule has 1 heterocycles. The summed E-state index contributed by atoms with van der Waals surface area (Å²) in [6.07, 6.45) is 0.322. The minimum absolute atomic E-state index is 0.0377. The molecule has 0 fully saturated rings. The quantitative estimate of drug-likeness (QED) is 0.376. The molecule has 0 aliphatic carbocycles. The summed E-state index contributed by atoms with van der Waals surface area (Å²) < 4.78 is 10.3. The van der Waals surface area contributed by atoms with Gasteiger partial charge in [0.1, 0.15) is 5.75 Å². The monoisotopic (exact) mass is 277 g/mol. The molecule has 0 bridgehead atoms. The minimum atomic E-state index is -0.0377. The number of anilines is 1. The lowest BCUT2D eigenvalue weighted by atomic mass is 10.1. The lowest BCUT2D eigenvalue weighted by molar-refractivity contribution is -0.121. The molecule has 7 heteroatoms. The van der Waals surface area contributed by atoms with Crippen molar-refractivity contribution in [3.05, 3.63) is 23.8 Å². The van der Waals surface area contributed by atoms with Crippen LogP contribution in [0.1, 0.15) is 12.0 Å². The van der Waals surface area contributed by atoms with E-state index in [-0.39, 0.29) is 11.8 Å². The average molecular weight is 277 g/mol. The van der Waals surface area contributed by atoms with E-state index in [2.05, 4.69) is 10.5 Å². The first-order valence-electron chi connectivity index (χ1n) is 6.06. The van der Waals surface area contributed by atoms with Crippen molar-refractivity contribution < 1.29 is 19.1 Å². The molecule has 1 aliphatic heterocycles. The van der Waals surface area contributed by atoms with E-state index in [9.17, 15) is 9.59 Å². The Hall–Kier alpha value is -2.57. The van der Waals surface area contributed by atoms with E-state index >= 15 is 0 Å². The number of hydrogen-bond donors (Lipinski definition) is 1. The number of nitrogens with zero attached hydrogens (tertiary/aromatic N) is 2. The van der Waals surface area contributed by atoms with Crippen LogP contribution in [0.25, 0.3) is 0 Å². The third-order valence-corrected chi connectivity index (χ3v) is 2.89. The molecule has 0 aromatic heterocycles. The molecule has 106 valence electrons. The molecule has 1 aliphatic rings. The molecular weight excluding hydrogens is 262 g/mol. The van der Waals surface area contributed by atoms with Gasteiger partial charge in [-0.2, -0.15) is 0 Å². The minimum Gasteiger partial charge on any atom is -0.491 e. The smallest absolute Gasteiger partial charge is 0.299 e. The van der Waals surface area contributed by atoms with Crippen LogP contribution in [0.15, 0.2) is 23.3 Å². The topological polar surface area (TPSA) is 80.2 Å². The largest absolute Gasteiger partial charge is 0.491 e. The Morgan fingerprint density at radius 1 is 1.55 bits per heavy atom. The van der Waals surface area contributed by atoms with Crippen LogP contribution in [0.4, 0.5) is 5.69 Å². The summed E-state index contributed by atoms with van der Waals surface area (Å²) in [6.45, 7) is 0.644. The Labute approximate surface area is 116 Å².